The van der Waals surface area contributed by atoms with Crippen molar-refractivity contribution < 1.29 is 28.2 Å². The van der Waals surface area contributed by atoms with Crippen molar-refractivity contribution in [3.8, 4) is 5.75 Å². The summed E-state index contributed by atoms with van der Waals surface area (Å²) in [5.41, 5.74) is 0. The Kier molecular flexibility index (Phi) is 4.28. The van der Waals surface area contributed by atoms with Gasteiger partial charge >= 0.3 is 12.1 Å². The van der Waals surface area contributed by atoms with Gasteiger partial charge in [0.2, 0.25) is 0 Å². The lowest BCUT2D eigenvalue weighted by Gasteiger charge is -2.15. The summed E-state index contributed by atoms with van der Waals surface area (Å²) in [5, 5.41) is 17.8. The van der Waals surface area contributed by atoms with E-state index in [1.807, 2.05) is 0 Å². The van der Waals surface area contributed by atoms with E-state index in [1.165, 1.54) is 18.2 Å². The first-order valence-electron chi connectivity index (χ1n) is 4.52. The molecule has 0 bridgehead atoms. The average molecular weight is 266 g/mol. The molecular weight excluding hydrogens is 257 g/mol. The molecule has 0 aliphatic rings. The van der Waals surface area contributed by atoms with Crippen molar-refractivity contribution in [3.05, 3.63) is 24.3 Å². The zero-order valence-electron chi connectivity index (χ0n) is 8.44. The highest BCUT2D eigenvalue weighted by Gasteiger charge is 2.44. The largest absolute Gasteiger partial charge is 0.507 e. The normalized spacial score (nSPS) is 13.4. The summed E-state index contributed by atoms with van der Waals surface area (Å²) in [5.74, 6) is -5.19. The summed E-state index contributed by atoms with van der Waals surface area (Å²) in [4.78, 5) is 10.7. The summed E-state index contributed by atoms with van der Waals surface area (Å²) < 4.78 is 37.0. The molecule has 0 aliphatic carbocycles. The van der Waals surface area contributed by atoms with Crippen LogP contribution in [-0.4, -0.2) is 28.1 Å². The number of hydrogen-bond acceptors (Lipinski definition) is 3. The zero-order valence-corrected chi connectivity index (χ0v) is 9.26. The molecule has 1 rings (SSSR count). The topological polar surface area (TPSA) is 57.5 Å². The van der Waals surface area contributed by atoms with Crippen LogP contribution in [0.4, 0.5) is 13.2 Å². The van der Waals surface area contributed by atoms with Gasteiger partial charge in [-0.05, 0) is 12.1 Å². The number of benzene rings is 1. The smallest absolute Gasteiger partial charge is 0.403 e. The maximum atomic E-state index is 12.3. The van der Waals surface area contributed by atoms with Crippen molar-refractivity contribution in [2.45, 2.75) is 11.1 Å². The van der Waals surface area contributed by atoms with E-state index in [-0.39, 0.29) is 10.6 Å². The number of hydrogen-bond donors (Lipinski definition) is 2. The molecule has 0 amide bonds. The van der Waals surface area contributed by atoms with Gasteiger partial charge in [-0.1, -0.05) is 12.1 Å². The minimum Gasteiger partial charge on any atom is -0.507 e. The highest BCUT2D eigenvalue weighted by molar-refractivity contribution is 7.99. The van der Waals surface area contributed by atoms with Crippen molar-refractivity contribution in [1.82, 2.24) is 0 Å². The molecule has 0 aliphatic heterocycles. The molecule has 0 aromatic heterocycles. The van der Waals surface area contributed by atoms with Crippen molar-refractivity contribution >= 4 is 17.7 Å². The predicted molar refractivity (Wildman–Crippen MR) is 56.0 cm³/mol. The lowest BCUT2D eigenvalue weighted by Crippen LogP contribution is -2.32. The molecule has 7 heteroatoms. The second kappa shape index (κ2) is 5.31. The van der Waals surface area contributed by atoms with Crippen LogP contribution in [0.3, 0.4) is 0 Å². The van der Waals surface area contributed by atoms with Crippen molar-refractivity contribution in [2.75, 3.05) is 5.75 Å². The highest BCUT2D eigenvalue weighted by atomic mass is 32.2. The van der Waals surface area contributed by atoms with Crippen LogP contribution in [0.2, 0.25) is 0 Å². The van der Waals surface area contributed by atoms with Gasteiger partial charge in [-0.15, -0.1) is 11.8 Å². The summed E-state index contributed by atoms with van der Waals surface area (Å²) in [6.45, 7) is 0. The third kappa shape index (κ3) is 3.85. The Hall–Kier alpha value is -1.37. The predicted octanol–water partition coefficient (Wildman–Crippen LogP) is 2.75. The summed E-state index contributed by atoms with van der Waals surface area (Å²) in [6, 6.07) is 5.82. The lowest BCUT2D eigenvalue weighted by atomic mass is 10.2. The molecule has 17 heavy (non-hydrogen) atoms. The molecule has 0 heterocycles. The Morgan fingerprint density at radius 3 is 2.41 bits per heavy atom. The first-order chi connectivity index (χ1) is 7.82. The van der Waals surface area contributed by atoms with Crippen LogP contribution in [0.15, 0.2) is 29.2 Å². The number of halogens is 3. The molecule has 1 atom stereocenters. The molecule has 94 valence electrons. The van der Waals surface area contributed by atoms with E-state index < -0.39 is 23.8 Å². The minimum absolute atomic E-state index is 0.163. The van der Waals surface area contributed by atoms with Gasteiger partial charge in [-0.2, -0.15) is 13.2 Å². The standard InChI is InChI=1S/C10H9F3O3S/c11-10(12,13)6(9(15)16)5-17-8-4-2-1-3-7(8)14/h1-4,6,14H,5H2,(H,15,16). The summed E-state index contributed by atoms with van der Waals surface area (Å²) in [6.07, 6.45) is -4.79. The van der Waals surface area contributed by atoms with Gasteiger partial charge in [-0.3, -0.25) is 4.79 Å². The number of phenolic OH excluding ortho intramolecular Hbond substituents is 1. The van der Waals surface area contributed by atoms with Gasteiger partial charge in [0.1, 0.15) is 5.75 Å². The third-order valence-corrected chi connectivity index (χ3v) is 3.12. The van der Waals surface area contributed by atoms with Crippen LogP contribution in [0.25, 0.3) is 0 Å². The number of para-hydroxylation sites is 1. The maximum absolute atomic E-state index is 12.3. The highest BCUT2D eigenvalue weighted by Crippen LogP contribution is 2.34. The van der Waals surface area contributed by atoms with Crippen LogP contribution in [0.1, 0.15) is 0 Å². The van der Waals surface area contributed by atoms with Crippen LogP contribution in [-0.2, 0) is 4.79 Å². The second-order valence-electron chi connectivity index (χ2n) is 3.21. The number of carboxylic acids is 1. The van der Waals surface area contributed by atoms with Crippen molar-refractivity contribution in [2.24, 2.45) is 5.92 Å². The third-order valence-electron chi connectivity index (χ3n) is 1.96. The van der Waals surface area contributed by atoms with Gasteiger partial charge in [0.25, 0.3) is 0 Å². The molecule has 0 radical (unpaired) electrons. The number of thioether (sulfide) groups is 1. The Morgan fingerprint density at radius 2 is 1.94 bits per heavy atom. The van der Waals surface area contributed by atoms with Gasteiger partial charge in [0.15, 0.2) is 5.92 Å². The number of aromatic hydroxyl groups is 1. The van der Waals surface area contributed by atoms with Crippen LogP contribution >= 0.6 is 11.8 Å². The summed E-state index contributed by atoms with van der Waals surface area (Å²) >= 11 is 0.660. The van der Waals surface area contributed by atoms with Gasteiger partial charge in [0.05, 0.1) is 0 Å². The number of aliphatic carboxylic acids is 1. The Balaban J connectivity index is 2.72. The van der Waals surface area contributed by atoms with E-state index in [2.05, 4.69) is 0 Å². The molecule has 1 unspecified atom stereocenters. The molecule has 0 fully saturated rings. The molecule has 2 N–H and O–H groups in total. The van der Waals surface area contributed by atoms with Crippen molar-refractivity contribution in [1.29, 1.82) is 0 Å². The quantitative estimate of drug-likeness (QED) is 0.823. The fourth-order valence-electron chi connectivity index (χ4n) is 1.06. The first-order valence-corrected chi connectivity index (χ1v) is 5.51. The Labute approximate surface area is 99.3 Å². The number of alkyl halides is 3. The zero-order chi connectivity index (χ0) is 13.1. The molecule has 0 saturated heterocycles. The van der Waals surface area contributed by atoms with Crippen molar-refractivity contribution in [3.63, 3.8) is 0 Å². The fourth-order valence-corrected chi connectivity index (χ4v) is 2.13. The second-order valence-corrected chi connectivity index (χ2v) is 4.27. The minimum atomic E-state index is -4.79. The van der Waals surface area contributed by atoms with Crippen LogP contribution < -0.4 is 0 Å². The van der Waals surface area contributed by atoms with Gasteiger partial charge < -0.3 is 10.2 Å². The van der Waals surface area contributed by atoms with E-state index >= 15 is 0 Å². The van der Waals surface area contributed by atoms with Crippen LogP contribution in [0.5, 0.6) is 5.75 Å². The van der Waals surface area contributed by atoms with E-state index in [0.29, 0.717) is 11.8 Å². The Bertz CT molecular complexity index is 406. The maximum Gasteiger partial charge on any atom is 0.403 e. The number of rotatable bonds is 4. The summed E-state index contributed by atoms with van der Waals surface area (Å²) in [7, 11) is 0. The fraction of sp³-hybridized carbons (Fsp3) is 0.300. The lowest BCUT2D eigenvalue weighted by molar-refractivity contribution is -0.188. The number of phenols is 1. The van der Waals surface area contributed by atoms with Gasteiger partial charge in [-0.25, -0.2) is 0 Å². The molecule has 1 aromatic rings. The average Bonchev–Trinajstić information content (AvgIpc) is 2.18. The molecule has 0 saturated carbocycles. The van der Waals surface area contributed by atoms with Gasteiger partial charge in [0, 0.05) is 10.6 Å². The number of carboxylic acid groups (broad SMARTS) is 1. The first kappa shape index (κ1) is 13.7. The molecule has 1 aromatic carbocycles. The SMILES string of the molecule is O=C(O)C(CSc1ccccc1O)C(F)(F)F. The molecule has 0 spiro atoms. The van der Waals surface area contributed by atoms with E-state index in [1.54, 1.807) is 6.07 Å². The van der Waals surface area contributed by atoms with Crippen LogP contribution in [0, 0.1) is 5.92 Å². The molecular formula is C10H9F3O3S. The molecule has 3 nitrogen and oxygen atoms in total. The Morgan fingerprint density at radius 1 is 1.35 bits per heavy atom. The van der Waals surface area contributed by atoms with E-state index in [4.69, 9.17) is 5.11 Å². The monoisotopic (exact) mass is 266 g/mol. The van der Waals surface area contributed by atoms with E-state index in [0.717, 1.165) is 0 Å². The van der Waals surface area contributed by atoms with E-state index in [9.17, 15) is 23.1 Å². The number of carbonyl (C=O) groups is 1.